The van der Waals surface area contributed by atoms with Gasteiger partial charge in [-0.05, 0) is 26.1 Å². The highest BCUT2D eigenvalue weighted by Gasteiger charge is 2.60. The summed E-state index contributed by atoms with van der Waals surface area (Å²) in [6.07, 6.45) is 1.60. The van der Waals surface area contributed by atoms with Crippen molar-refractivity contribution in [3.63, 3.8) is 0 Å². The molecule has 0 unspecified atom stereocenters. The van der Waals surface area contributed by atoms with E-state index in [9.17, 15) is 9.59 Å². The zero-order chi connectivity index (χ0) is 13.6. The third-order valence-electron chi connectivity index (χ3n) is 4.01. The van der Waals surface area contributed by atoms with Crippen LogP contribution in [0.4, 0.5) is 4.79 Å². The average Bonchev–Trinajstić information content (AvgIpc) is 3.02. The Morgan fingerprint density at radius 1 is 1.53 bits per heavy atom. The quantitative estimate of drug-likeness (QED) is 0.794. The van der Waals surface area contributed by atoms with Crippen LogP contribution in [-0.4, -0.2) is 54.0 Å². The maximum absolute atomic E-state index is 12.6. The van der Waals surface area contributed by atoms with Crippen molar-refractivity contribution in [2.24, 2.45) is 0 Å². The second-order valence-electron chi connectivity index (χ2n) is 5.22. The van der Waals surface area contributed by atoms with Gasteiger partial charge in [-0.3, -0.25) is 9.69 Å². The molecule has 2 saturated heterocycles. The average molecular weight is 263 g/mol. The summed E-state index contributed by atoms with van der Waals surface area (Å²) in [4.78, 5) is 27.9. The van der Waals surface area contributed by atoms with Crippen LogP contribution >= 0.6 is 0 Å². The summed E-state index contributed by atoms with van der Waals surface area (Å²) in [5.41, 5.74) is -0.875. The van der Waals surface area contributed by atoms with Crippen LogP contribution in [0.25, 0.3) is 0 Å². The second kappa shape index (κ2) is 4.09. The number of amides is 3. The molecule has 6 nitrogen and oxygen atoms in total. The first-order valence-electron chi connectivity index (χ1n) is 6.44. The zero-order valence-corrected chi connectivity index (χ0v) is 11.0. The lowest BCUT2D eigenvalue weighted by Crippen LogP contribution is -2.52. The highest BCUT2D eigenvalue weighted by atomic mass is 16.3. The van der Waals surface area contributed by atoms with Gasteiger partial charge in [0.1, 0.15) is 11.3 Å². The van der Waals surface area contributed by atoms with Crippen LogP contribution < -0.4 is 5.32 Å². The van der Waals surface area contributed by atoms with Gasteiger partial charge < -0.3 is 14.6 Å². The molecule has 2 fully saturated rings. The van der Waals surface area contributed by atoms with Crippen LogP contribution in [0.2, 0.25) is 0 Å². The zero-order valence-electron chi connectivity index (χ0n) is 11.0. The molecule has 1 spiro atoms. The number of nitrogens with one attached hydrogen (secondary N) is 1. The van der Waals surface area contributed by atoms with Crippen molar-refractivity contribution in [1.29, 1.82) is 0 Å². The summed E-state index contributed by atoms with van der Waals surface area (Å²) in [6, 6.07) is 3.36. The number of furan rings is 1. The molecule has 3 heterocycles. The Hall–Kier alpha value is -1.82. The van der Waals surface area contributed by atoms with Gasteiger partial charge in [0.15, 0.2) is 0 Å². The van der Waals surface area contributed by atoms with Crippen LogP contribution in [0.5, 0.6) is 0 Å². The number of carbonyl (C=O) groups is 2. The van der Waals surface area contributed by atoms with Crippen molar-refractivity contribution in [3.05, 3.63) is 24.2 Å². The van der Waals surface area contributed by atoms with Crippen LogP contribution in [0, 0.1) is 0 Å². The smallest absolute Gasteiger partial charge is 0.325 e. The molecule has 19 heavy (non-hydrogen) atoms. The number of likely N-dealkylation sites (tertiary alicyclic amines) is 1. The summed E-state index contributed by atoms with van der Waals surface area (Å²) in [5, 5.41) is 2.88. The molecule has 0 saturated carbocycles. The Morgan fingerprint density at radius 3 is 2.89 bits per heavy atom. The molecule has 0 aromatic carbocycles. The van der Waals surface area contributed by atoms with Crippen LogP contribution in [0.3, 0.4) is 0 Å². The molecule has 3 rings (SSSR count). The molecule has 2 atom stereocenters. The van der Waals surface area contributed by atoms with Crippen LogP contribution in [-0.2, 0) is 4.79 Å². The molecule has 2 aliphatic heterocycles. The van der Waals surface area contributed by atoms with Crippen LogP contribution in [0.1, 0.15) is 18.6 Å². The summed E-state index contributed by atoms with van der Waals surface area (Å²) in [6.45, 7) is 3.40. The SMILES string of the molecule is CCN1C(=O)N[C@]2(CN(C)C[C@@H]2c2ccco2)C1=O. The Morgan fingerprint density at radius 2 is 2.32 bits per heavy atom. The fourth-order valence-electron chi connectivity index (χ4n) is 3.17. The Bertz CT molecular complexity index is 513. The van der Waals surface area contributed by atoms with Crippen molar-refractivity contribution < 1.29 is 14.0 Å². The van der Waals surface area contributed by atoms with E-state index >= 15 is 0 Å². The topological polar surface area (TPSA) is 65.8 Å². The summed E-state index contributed by atoms with van der Waals surface area (Å²) < 4.78 is 5.46. The molecule has 2 aliphatic rings. The molecular weight excluding hydrogens is 246 g/mol. The van der Waals surface area contributed by atoms with Gasteiger partial charge in [0, 0.05) is 19.6 Å². The molecule has 3 amide bonds. The molecule has 1 aromatic rings. The molecule has 0 aliphatic carbocycles. The predicted molar refractivity (Wildman–Crippen MR) is 67.6 cm³/mol. The van der Waals surface area contributed by atoms with E-state index in [4.69, 9.17) is 4.42 Å². The second-order valence-corrected chi connectivity index (χ2v) is 5.22. The lowest BCUT2D eigenvalue weighted by atomic mass is 9.85. The highest BCUT2D eigenvalue weighted by Crippen LogP contribution is 2.39. The number of imide groups is 1. The number of rotatable bonds is 2. The van der Waals surface area contributed by atoms with Gasteiger partial charge >= 0.3 is 6.03 Å². The Balaban J connectivity index is 2.02. The van der Waals surface area contributed by atoms with Crippen molar-refractivity contribution in [2.75, 3.05) is 26.7 Å². The van der Waals surface area contributed by atoms with Crippen molar-refractivity contribution in [2.45, 2.75) is 18.4 Å². The maximum Gasteiger partial charge on any atom is 0.325 e. The highest BCUT2D eigenvalue weighted by molar-refractivity contribution is 6.08. The lowest BCUT2D eigenvalue weighted by molar-refractivity contribution is -0.131. The normalized spacial score (nSPS) is 31.5. The van der Waals surface area contributed by atoms with E-state index in [1.54, 1.807) is 19.3 Å². The maximum atomic E-state index is 12.6. The van der Waals surface area contributed by atoms with Gasteiger partial charge in [-0.1, -0.05) is 0 Å². The third kappa shape index (κ3) is 1.59. The van der Waals surface area contributed by atoms with E-state index in [0.29, 0.717) is 19.6 Å². The molecular formula is C13H17N3O3. The first-order chi connectivity index (χ1) is 9.08. The summed E-state index contributed by atoms with van der Waals surface area (Å²) in [5.74, 6) is 0.460. The first kappa shape index (κ1) is 12.2. The minimum absolute atomic E-state index is 0.138. The van der Waals surface area contributed by atoms with E-state index < -0.39 is 5.54 Å². The minimum Gasteiger partial charge on any atom is -0.469 e. The Labute approximate surface area is 111 Å². The van der Waals surface area contributed by atoms with Crippen molar-refractivity contribution >= 4 is 11.9 Å². The van der Waals surface area contributed by atoms with E-state index in [-0.39, 0.29) is 17.9 Å². The first-order valence-corrected chi connectivity index (χ1v) is 6.44. The monoisotopic (exact) mass is 263 g/mol. The predicted octanol–water partition coefficient (Wildman–Crippen LogP) is 0.619. The summed E-state index contributed by atoms with van der Waals surface area (Å²) >= 11 is 0. The third-order valence-corrected chi connectivity index (χ3v) is 4.01. The fourth-order valence-corrected chi connectivity index (χ4v) is 3.17. The molecule has 6 heteroatoms. The standard InChI is InChI=1S/C13H17N3O3/c1-3-16-11(17)13(14-12(16)18)8-15(2)7-9(13)10-5-4-6-19-10/h4-6,9H,3,7-8H2,1-2H3,(H,14,18)/t9-,13+/m1/s1. The molecule has 1 N–H and O–H groups in total. The van der Waals surface area contributed by atoms with E-state index in [0.717, 1.165) is 5.76 Å². The van der Waals surface area contributed by atoms with Crippen LogP contribution in [0.15, 0.2) is 22.8 Å². The number of carbonyl (C=O) groups excluding carboxylic acids is 2. The largest absolute Gasteiger partial charge is 0.469 e. The van der Waals surface area contributed by atoms with Gasteiger partial charge in [0.25, 0.3) is 5.91 Å². The number of nitrogens with zero attached hydrogens (tertiary/aromatic N) is 2. The lowest BCUT2D eigenvalue weighted by Gasteiger charge is -2.26. The number of hydrogen-bond donors (Lipinski definition) is 1. The number of likely N-dealkylation sites (N-methyl/N-ethyl adjacent to an activating group) is 2. The van der Waals surface area contributed by atoms with Gasteiger partial charge in [-0.15, -0.1) is 0 Å². The van der Waals surface area contributed by atoms with Gasteiger partial charge in [0.2, 0.25) is 0 Å². The molecule has 1 aromatic heterocycles. The van der Waals surface area contributed by atoms with E-state index in [1.807, 2.05) is 18.0 Å². The van der Waals surface area contributed by atoms with Crippen molar-refractivity contribution in [3.8, 4) is 0 Å². The molecule has 0 radical (unpaired) electrons. The van der Waals surface area contributed by atoms with E-state index in [2.05, 4.69) is 5.32 Å². The van der Waals surface area contributed by atoms with Gasteiger partial charge in [-0.25, -0.2) is 4.79 Å². The fraction of sp³-hybridized carbons (Fsp3) is 0.538. The Kier molecular flexibility index (Phi) is 2.63. The van der Waals surface area contributed by atoms with Gasteiger partial charge in [0.05, 0.1) is 12.2 Å². The number of hydrogen-bond acceptors (Lipinski definition) is 4. The van der Waals surface area contributed by atoms with Gasteiger partial charge in [-0.2, -0.15) is 0 Å². The van der Waals surface area contributed by atoms with E-state index in [1.165, 1.54) is 4.90 Å². The summed E-state index contributed by atoms with van der Waals surface area (Å²) in [7, 11) is 1.94. The molecule has 102 valence electrons. The van der Waals surface area contributed by atoms with Crippen molar-refractivity contribution in [1.82, 2.24) is 15.1 Å². The minimum atomic E-state index is -0.875. The number of urea groups is 1. The molecule has 0 bridgehead atoms.